The number of rotatable bonds is 4. The fourth-order valence-corrected chi connectivity index (χ4v) is 2.89. The van der Waals surface area contributed by atoms with E-state index in [-0.39, 0.29) is 5.91 Å². The fourth-order valence-electron chi connectivity index (χ4n) is 2.89. The van der Waals surface area contributed by atoms with E-state index >= 15 is 0 Å². The minimum atomic E-state index is 0.136. The maximum Gasteiger partial charge on any atom is 0.228 e. The van der Waals surface area contributed by atoms with Gasteiger partial charge in [0.2, 0.25) is 5.91 Å². The van der Waals surface area contributed by atoms with Crippen molar-refractivity contribution in [1.82, 2.24) is 10.1 Å². The molecule has 3 rings (SSSR count). The van der Waals surface area contributed by atoms with Gasteiger partial charge in [-0.2, -0.15) is 0 Å². The van der Waals surface area contributed by atoms with Crippen molar-refractivity contribution in [2.75, 3.05) is 20.2 Å². The number of benzene rings is 1. The smallest absolute Gasteiger partial charge is 0.228 e. The molecule has 0 unspecified atom stereocenters. The Kier molecular flexibility index (Phi) is 4.95. The lowest BCUT2D eigenvalue weighted by Gasteiger charge is -2.19. The van der Waals surface area contributed by atoms with E-state index in [1.807, 2.05) is 35.2 Å². The molecule has 5 heteroatoms. The maximum absolute atomic E-state index is 12.4. The average Bonchev–Trinajstić information content (AvgIpc) is 2.87. The predicted molar refractivity (Wildman–Crippen MR) is 87.2 cm³/mol. The van der Waals surface area contributed by atoms with E-state index in [0.717, 1.165) is 37.2 Å². The third-order valence-electron chi connectivity index (χ3n) is 4.20. The average molecular weight is 314 g/mol. The summed E-state index contributed by atoms with van der Waals surface area (Å²) in [5.41, 5.74) is 1.57. The topological polar surface area (TPSA) is 55.6 Å². The van der Waals surface area contributed by atoms with Crippen LogP contribution in [-0.4, -0.2) is 36.2 Å². The molecule has 2 aromatic rings. The minimum absolute atomic E-state index is 0.136. The van der Waals surface area contributed by atoms with Gasteiger partial charge in [-0.3, -0.25) is 4.79 Å². The van der Waals surface area contributed by atoms with E-state index in [0.29, 0.717) is 17.9 Å². The van der Waals surface area contributed by atoms with Crippen molar-refractivity contribution in [2.45, 2.75) is 32.1 Å². The monoisotopic (exact) mass is 314 g/mol. The van der Waals surface area contributed by atoms with Crippen molar-refractivity contribution in [3.63, 3.8) is 0 Å². The summed E-state index contributed by atoms with van der Waals surface area (Å²) in [6.07, 6.45) is 4.92. The number of likely N-dealkylation sites (tertiary alicyclic amines) is 1. The van der Waals surface area contributed by atoms with Gasteiger partial charge in [0.1, 0.15) is 5.75 Å². The number of ether oxygens (including phenoxy) is 1. The molecule has 0 radical (unpaired) electrons. The summed E-state index contributed by atoms with van der Waals surface area (Å²) in [5, 5.41) is 4.04. The molecular formula is C18H22N2O3. The zero-order chi connectivity index (χ0) is 16.1. The Hall–Kier alpha value is -2.30. The van der Waals surface area contributed by atoms with Crippen LogP contribution in [0, 0.1) is 0 Å². The molecule has 1 fully saturated rings. The van der Waals surface area contributed by atoms with Crippen LogP contribution in [0.3, 0.4) is 0 Å². The molecule has 0 N–H and O–H groups in total. The van der Waals surface area contributed by atoms with E-state index in [1.165, 1.54) is 12.8 Å². The number of carbonyl (C=O) groups is 1. The first kappa shape index (κ1) is 15.6. The van der Waals surface area contributed by atoms with Crippen molar-refractivity contribution < 1.29 is 14.1 Å². The Morgan fingerprint density at radius 1 is 1.22 bits per heavy atom. The molecule has 5 nitrogen and oxygen atoms in total. The predicted octanol–water partition coefficient (Wildman–Crippen LogP) is 3.30. The van der Waals surface area contributed by atoms with Crippen LogP contribution in [0.15, 0.2) is 34.9 Å². The van der Waals surface area contributed by atoms with Crippen molar-refractivity contribution in [3.8, 4) is 17.1 Å². The summed E-state index contributed by atoms with van der Waals surface area (Å²) >= 11 is 0. The van der Waals surface area contributed by atoms with Gasteiger partial charge < -0.3 is 14.2 Å². The summed E-state index contributed by atoms with van der Waals surface area (Å²) in [7, 11) is 1.63. The Morgan fingerprint density at radius 3 is 2.74 bits per heavy atom. The summed E-state index contributed by atoms with van der Waals surface area (Å²) in [4.78, 5) is 14.3. The molecular weight excluding hydrogens is 292 g/mol. The van der Waals surface area contributed by atoms with Gasteiger partial charge in [-0.05, 0) is 25.0 Å². The molecule has 0 aliphatic carbocycles. The Bertz CT molecular complexity index is 658. The summed E-state index contributed by atoms with van der Waals surface area (Å²) in [6, 6.07) is 9.44. The molecule has 23 heavy (non-hydrogen) atoms. The fraction of sp³-hybridized carbons (Fsp3) is 0.444. The van der Waals surface area contributed by atoms with E-state index in [1.54, 1.807) is 7.11 Å². The van der Waals surface area contributed by atoms with Crippen molar-refractivity contribution in [3.05, 3.63) is 36.0 Å². The largest absolute Gasteiger partial charge is 0.497 e. The van der Waals surface area contributed by atoms with Crippen LogP contribution in [0.2, 0.25) is 0 Å². The zero-order valence-corrected chi connectivity index (χ0v) is 13.5. The second kappa shape index (κ2) is 7.31. The highest BCUT2D eigenvalue weighted by Gasteiger charge is 2.18. The second-order valence-corrected chi connectivity index (χ2v) is 5.89. The maximum atomic E-state index is 12.4. The first-order valence-corrected chi connectivity index (χ1v) is 8.14. The first-order chi connectivity index (χ1) is 11.3. The van der Waals surface area contributed by atoms with Crippen LogP contribution in [0.1, 0.15) is 31.4 Å². The quantitative estimate of drug-likeness (QED) is 0.869. The summed E-state index contributed by atoms with van der Waals surface area (Å²) in [6.45, 7) is 1.72. The first-order valence-electron chi connectivity index (χ1n) is 8.14. The van der Waals surface area contributed by atoms with Crippen LogP contribution < -0.4 is 4.74 Å². The van der Waals surface area contributed by atoms with Gasteiger partial charge >= 0.3 is 0 Å². The number of methoxy groups -OCH3 is 1. The highest BCUT2D eigenvalue weighted by molar-refractivity contribution is 5.78. The van der Waals surface area contributed by atoms with Crippen molar-refractivity contribution in [1.29, 1.82) is 0 Å². The normalized spacial score (nSPS) is 15.3. The molecule has 0 saturated carbocycles. The van der Waals surface area contributed by atoms with E-state index in [2.05, 4.69) is 5.16 Å². The SMILES string of the molecule is COc1cccc(-c2cc(CC(=O)N3CCCCCC3)no2)c1. The second-order valence-electron chi connectivity index (χ2n) is 5.89. The van der Waals surface area contributed by atoms with Gasteiger partial charge in [0.15, 0.2) is 5.76 Å². The molecule has 122 valence electrons. The molecule has 1 aromatic carbocycles. The third kappa shape index (κ3) is 3.92. The highest BCUT2D eigenvalue weighted by atomic mass is 16.5. The van der Waals surface area contributed by atoms with Gasteiger partial charge in [0.05, 0.1) is 19.2 Å². The lowest BCUT2D eigenvalue weighted by molar-refractivity contribution is -0.130. The van der Waals surface area contributed by atoms with Crippen LogP contribution in [-0.2, 0) is 11.2 Å². The van der Waals surface area contributed by atoms with Crippen LogP contribution in [0.5, 0.6) is 5.75 Å². The summed E-state index contributed by atoms with van der Waals surface area (Å²) in [5.74, 6) is 1.56. The molecule has 0 atom stereocenters. The number of hydrogen-bond donors (Lipinski definition) is 0. The van der Waals surface area contributed by atoms with Gasteiger partial charge in [-0.15, -0.1) is 0 Å². The summed E-state index contributed by atoms with van der Waals surface area (Å²) < 4.78 is 10.6. The molecule has 2 heterocycles. The van der Waals surface area contributed by atoms with E-state index in [4.69, 9.17) is 9.26 Å². The number of hydrogen-bond acceptors (Lipinski definition) is 4. The van der Waals surface area contributed by atoms with Gasteiger partial charge in [-0.1, -0.05) is 30.1 Å². The molecule has 1 aromatic heterocycles. The number of aromatic nitrogens is 1. The highest BCUT2D eigenvalue weighted by Crippen LogP contribution is 2.24. The Balaban J connectivity index is 1.67. The zero-order valence-electron chi connectivity index (χ0n) is 13.5. The van der Waals surface area contributed by atoms with Gasteiger partial charge in [0.25, 0.3) is 0 Å². The van der Waals surface area contributed by atoms with Crippen LogP contribution in [0.25, 0.3) is 11.3 Å². The van der Waals surface area contributed by atoms with Crippen LogP contribution >= 0.6 is 0 Å². The minimum Gasteiger partial charge on any atom is -0.497 e. The van der Waals surface area contributed by atoms with E-state index < -0.39 is 0 Å². The Labute approximate surface area is 136 Å². The molecule has 0 spiro atoms. The molecule has 1 amide bonds. The van der Waals surface area contributed by atoms with E-state index in [9.17, 15) is 4.79 Å². The Morgan fingerprint density at radius 2 is 2.00 bits per heavy atom. The van der Waals surface area contributed by atoms with Gasteiger partial charge in [0, 0.05) is 24.7 Å². The number of amides is 1. The van der Waals surface area contributed by atoms with Crippen LogP contribution in [0.4, 0.5) is 0 Å². The number of nitrogens with zero attached hydrogens (tertiary/aromatic N) is 2. The number of carbonyl (C=O) groups excluding carboxylic acids is 1. The van der Waals surface area contributed by atoms with Crippen molar-refractivity contribution >= 4 is 5.91 Å². The molecule has 0 bridgehead atoms. The van der Waals surface area contributed by atoms with Gasteiger partial charge in [-0.25, -0.2) is 0 Å². The van der Waals surface area contributed by atoms with Crippen molar-refractivity contribution in [2.24, 2.45) is 0 Å². The lowest BCUT2D eigenvalue weighted by atomic mass is 10.1. The molecule has 1 aliphatic heterocycles. The standard InChI is InChI=1S/C18H22N2O3/c1-22-16-8-6-7-14(11-16)17-12-15(19-23-17)13-18(21)20-9-4-2-3-5-10-20/h6-8,11-12H,2-5,9-10,13H2,1H3. The lowest BCUT2D eigenvalue weighted by Crippen LogP contribution is -2.33. The molecule has 1 saturated heterocycles. The molecule has 1 aliphatic rings. The third-order valence-corrected chi connectivity index (χ3v) is 4.20.